The zero-order chi connectivity index (χ0) is 10.2. The van der Waals surface area contributed by atoms with Crippen molar-refractivity contribution in [3.63, 3.8) is 0 Å². The molecule has 0 saturated carbocycles. The van der Waals surface area contributed by atoms with Crippen molar-refractivity contribution in [3.05, 3.63) is 35.4 Å². The van der Waals surface area contributed by atoms with Crippen LogP contribution in [-0.2, 0) is 6.42 Å². The van der Waals surface area contributed by atoms with Gasteiger partial charge in [0.1, 0.15) is 0 Å². The number of aliphatic hydroxyl groups is 1. The van der Waals surface area contributed by atoms with Crippen LogP contribution in [0.2, 0.25) is 0 Å². The fourth-order valence-corrected chi connectivity index (χ4v) is 1.24. The quantitative estimate of drug-likeness (QED) is 0.597. The maximum absolute atomic E-state index is 8.66. The van der Waals surface area contributed by atoms with E-state index in [9.17, 15) is 0 Å². The summed E-state index contributed by atoms with van der Waals surface area (Å²) in [5.74, 6) is 6.12. The minimum absolute atomic E-state index is 0.244. The van der Waals surface area contributed by atoms with Gasteiger partial charge < -0.3 is 5.11 Å². The van der Waals surface area contributed by atoms with Crippen molar-refractivity contribution in [1.29, 1.82) is 0 Å². The summed E-state index contributed by atoms with van der Waals surface area (Å²) < 4.78 is 0. The first-order valence-electron chi connectivity index (χ1n) is 4.61. The lowest BCUT2D eigenvalue weighted by Gasteiger charge is -1.98. The third kappa shape index (κ3) is 3.83. The van der Waals surface area contributed by atoms with Crippen LogP contribution in [0.25, 0.3) is 0 Å². The molecular formula is C12H13ClO. The highest BCUT2D eigenvalue weighted by Crippen LogP contribution is 2.05. The molecule has 1 rings (SSSR count). The van der Waals surface area contributed by atoms with E-state index in [1.807, 2.05) is 24.3 Å². The van der Waals surface area contributed by atoms with Crippen molar-refractivity contribution >= 4 is 11.6 Å². The van der Waals surface area contributed by atoms with Gasteiger partial charge in [0, 0.05) is 12.2 Å². The molecule has 74 valence electrons. The number of rotatable bonds is 3. The van der Waals surface area contributed by atoms with Gasteiger partial charge in [-0.3, -0.25) is 0 Å². The molecule has 0 unspecified atom stereocenters. The van der Waals surface area contributed by atoms with E-state index in [0.29, 0.717) is 5.88 Å². The maximum atomic E-state index is 8.66. The molecule has 0 saturated heterocycles. The monoisotopic (exact) mass is 208 g/mol. The maximum Gasteiger partial charge on any atom is 0.0839 e. The van der Waals surface area contributed by atoms with Gasteiger partial charge in [-0.2, -0.15) is 0 Å². The third-order valence-electron chi connectivity index (χ3n) is 1.88. The van der Waals surface area contributed by atoms with Crippen molar-refractivity contribution in [1.82, 2.24) is 0 Å². The highest BCUT2D eigenvalue weighted by atomic mass is 35.5. The fourth-order valence-electron chi connectivity index (χ4n) is 1.17. The molecule has 0 aliphatic heterocycles. The molecule has 0 aliphatic rings. The number of benzene rings is 1. The second-order valence-corrected chi connectivity index (χ2v) is 3.23. The Balaban J connectivity index is 2.59. The van der Waals surface area contributed by atoms with Gasteiger partial charge in [0.05, 0.1) is 5.88 Å². The number of aryl methyl sites for hydroxylation is 1. The highest BCUT2D eigenvalue weighted by Gasteiger charge is 1.92. The first kappa shape index (κ1) is 11.1. The lowest BCUT2D eigenvalue weighted by Crippen LogP contribution is -1.89. The van der Waals surface area contributed by atoms with Gasteiger partial charge in [-0.05, 0) is 30.5 Å². The summed E-state index contributed by atoms with van der Waals surface area (Å²) in [4.78, 5) is 0. The second kappa shape index (κ2) is 6.48. The van der Waals surface area contributed by atoms with Gasteiger partial charge in [-0.25, -0.2) is 0 Å². The number of aliphatic hydroxyl groups excluding tert-OH is 1. The normalized spacial score (nSPS) is 9.29. The molecule has 0 aromatic heterocycles. The zero-order valence-electron chi connectivity index (χ0n) is 7.96. The molecule has 0 spiro atoms. The van der Waals surface area contributed by atoms with E-state index in [0.717, 1.165) is 18.4 Å². The summed E-state index contributed by atoms with van der Waals surface area (Å²) in [6.07, 6.45) is 1.73. The van der Waals surface area contributed by atoms with E-state index in [1.54, 1.807) is 0 Å². The Labute approximate surface area is 89.7 Å². The smallest absolute Gasteiger partial charge is 0.0839 e. The van der Waals surface area contributed by atoms with Crippen LogP contribution in [0.5, 0.6) is 0 Å². The van der Waals surface area contributed by atoms with Crippen LogP contribution in [0.1, 0.15) is 17.5 Å². The minimum Gasteiger partial charge on any atom is -0.396 e. The largest absolute Gasteiger partial charge is 0.396 e. The average molecular weight is 209 g/mol. The van der Waals surface area contributed by atoms with Crippen LogP contribution in [0, 0.1) is 11.8 Å². The summed E-state index contributed by atoms with van der Waals surface area (Å²) in [6, 6.07) is 8.03. The number of hydrogen-bond acceptors (Lipinski definition) is 1. The second-order valence-electron chi connectivity index (χ2n) is 2.96. The van der Waals surface area contributed by atoms with E-state index in [-0.39, 0.29) is 6.61 Å². The van der Waals surface area contributed by atoms with Crippen molar-refractivity contribution in [2.24, 2.45) is 0 Å². The summed E-state index contributed by atoms with van der Waals surface area (Å²) in [5, 5.41) is 8.66. The van der Waals surface area contributed by atoms with Crippen LogP contribution >= 0.6 is 11.6 Å². The van der Waals surface area contributed by atoms with Crippen LogP contribution in [0.4, 0.5) is 0 Å². The summed E-state index contributed by atoms with van der Waals surface area (Å²) in [6.45, 7) is 0.244. The molecular weight excluding hydrogens is 196 g/mol. The Bertz CT molecular complexity index is 318. The van der Waals surface area contributed by atoms with Crippen LogP contribution < -0.4 is 0 Å². The summed E-state index contributed by atoms with van der Waals surface area (Å²) >= 11 is 5.45. The van der Waals surface area contributed by atoms with Gasteiger partial charge in [0.2, 0.25) is 0 Å². The van der Waals surface area contributed by atoms with E-state index in [4.69, 9.17) is 16.7 Å². The lowest BCUT2D eigenvalue weighted by molar-refractivity contribution is 0.288. The van der Waals surface area contributed by atoms with E-state index in [1.165, 1.54) is 5.56 Å². The predicted molar refractivity (Wildman–Crippen MR) is 59.4 cm³/mol. The predicted octanol–water partition coefficient (Wildman–Crippen LogP) is 2.20. The molecule has 0 amide bonds. The van der Waals surface area contributed by atoms with Gasteiger partial charge in [0.15, 0.2) is 0 Å². The Morgan fingerprint density at radius 2 is 1.93 bits per heavy atom. The Morgan fingerprint density at radius 1 is 1.21 bits per heavy atom. The Kier molecular flexibility index (Phi) is 5.14. The lowest BCUT2D eigenvalue weighted by atomic mass is 10.1. The van der Waals surface area contributed by atoms with Crippen molar-refractivity contribution in [2.45, 2.75) is 12.8 Å². The average Bonchev–Trinajstić information content (AvgIpc) is 2.25. The van der Waals surface area contributed by atoms with Crippen LogP contribution in [-0.4, -0.2) is 17.6 Å². The molecule has 1 N–H and O–H groups in total. The van der Waals surface area contributed by atoms with E-state index >= 15 is 0 Å². The SMILES string of the molecule is OCCCc1ccc(C#CCCl)cc1. The molecule has 0 aliphatic carbocycles. The molecule has 0 atom stereocenters. The minimum atomic E-state index is 0.244. The topological polar surface area (TPSA) is 20.2 Å². The molecule has 0 radical (unpaired) electrons. The van der Waals surface area contributed by atoms with Gasteiger partial charge >= 0.3 is 0 Å². The molecule has 1 aromatic carbocycles. The van der Waals surface area contributed by atoms with Gasteiger partial charge in [-0.1, -0.05) is 24.0 Å². The van der Waals surface area contributed by atoms with E-state index < -0.39 is 0 Å². The van der Waals surface area contributed by atoms with E-state index in [2.05, 4.69) is 11.8 Å². The molecule has 0 fully saturated rings. The van der Waals surface area contributed by atoms with Crippen molar-refractivity contribution in [2.75, 3.05) is 12.5 Å². The molecule has 14 heavy (non-hydrogen) atoms. The molecule has 1 aromatic rings. The number of halogens is 1. The molecule has 0 heterocycles. The summed E-state index contributed by atoms with van der Waals surface area (Å²) in [7, 11) is 0. The zero-order valence-corrected chi connectivity index (χ0v) is 8.72. The first-order valence-corrected chi connectivity index (χ1v) is 5.15. The van der Waals surface area contributed by atoms with Crippen molar-refractivity contribution < 1.29 is 5.11 Å². The van der Waals surface area contributed by atoms with Gasteiger partial charge in [-0.15, -0.1) is 11.6 Å². The standard InChI is InChI=1S/C12H13ClO/c13-9-1-3-11-5-7-12(8-6-11)4-2-10-14/h5-8,14H,2,4,9-10H2. The Morgan fingerprint density at radius 3 is 2.50 bits per heavy atom. The van der Waals surface area contributed by atoms with Gasteiger partial charge in [0.25, 0.3) is 0 Å². The highest BCUT2D eigenvalue weighted by molar-refractivity contribution is 6.19. The first-order chi connectivity index (χ1) is 6.86. The van der Waals surface area contributed by atoms with Crippen LogP contribution in [0.15, 0.2) is 24.3 Å². The molecule has 1 nitrogen and oxygen atoms in total. The number of hydrogen-bond donors (Lipinski definition) is 1. The fraction of sp³-hybridized carbons (Fsp3) is 0.333. The third-order valence-corrected chi connectivity index (χ3v) is 2.01. The number of alkyl halides is 1. The molecule has 2 heteroatoms. The Hall–Kier alpha value is -0.970. The van der Waals surface area contributed by atoms with Crippen molar-refractivity contribution in [3.8, 4) is 11.8 Å². The van der Waals surface area contributed by atoms with Crippen LogP contribution in [0.3, 0.4) is 0 Å². The molecule has 0 bridgehead atoms. The summed E-state index contributed by atoms with van der Waals surface area (Å²) in [5.41, 5.74) is 2.22.